The van der Waals surface area contributed by atoms with E-state index in [1.807, 2.05) is 0 Å². The number of nitrogens with zero attached hydrogens (tertiary/aromatic N) is 1. The minimum absolute atomic E-state index is 1.15. The van der Waals surface area contributed by atoms with E-state index >= 15 is 0 Å². The maximum Gasteiger partial charge on any atom is 0.0399 e. The van der Waals surface area contributed by atoms with Gasteiger partial charge in [-0.1, -0.05) is 25.1 Å². The van der Waals surface area contributed by atoms with Crippen LogP contribution in [-0.2, 0) is 6.42 Å². The molecule has 1 aromatic rings. The molecule has 0 radical (unpaired) electrons. The Hall–Kier alpha value is -0.980. The van der Waals surface area contributed by atoms with Crippen molar-refractivity contribution in [1.82, 2.24) is 0 Å². The van der Waals surface area contributed by atoms with Crippen molar-refractivity contribution in [3.05, 3.63) is 29.8 Å². The van der Waals surface area contributed by atoms with E-state index in [1.165, 1.54) is 24.3 Å². The second kappa shape index (κ2) is 2.57. The van der Waals surface area contributed by atoms with Crippen LogP contribution in [0.4, 0.5) is 5.69 Å². The molecule has 0 aromatic heterocycles. The molecule has 58 valence electrons. The Labute approximate surface area is 67.6 Å². The Kier molecular flexibility index (Phi) is 1.57. The fourth-order valence-electron chi connectivity index (χ4n) is 1.41. The summed E-state index contributed by atoms with van der Waals surface area (Å²) in [5, 5.41) is 0. The first-order chi connectivity index (χ1) is 5.42. The molecule has 1 aromatic carbocycles. The molecule has 0 saturated carbocycles. The highest BCUT2D eigenvalue weighted by molar-refractivity contribution is 5.57. The van der Waals surface area contributed by atoms with E-state index in [0.29, 0.717) is 0 Å². The number of benzene rings is 1. The number of para-hydroxylation sites is 1. The molecule has 0 unspecified atom stereocenters. The summed E-state index contributed by atoms with van der Waals surface area (Å²) in [5.74, 6) is 0. The van der Waals surface area contributed by atoms with Crippen LogP contribution in [0.1, 0.15) is 12.5 Å². The van der Waals surface area contributed by atoms with Crippen LogP contribution in [0.25, 0.3) is 0 Å². The fraction of sp³-hybridized carbons (Fsp3) is 0.400. The van der Waals surface area contributed by atoms with E-state index in [0.717, 1.165) is 6.42 Å². The Bertz CT molecular complexity index is 251. The Balaban J connectivity index is 2.34. The summed E-state index contributed by atoms with van der Waals surface area (Å²) in [5.41, 5.74) is 2.92. The molecule has 0 spiro atoms. The Morgan fingerprint density at radius 2 is 2.00 bits per heavy atom. The SMILES string of the molecule is CCc1ccccc1N1CC1. The topological polar surface area (TPSA) is 3.01 Å². The molecule has 1 fully saturated rings. The molecule has 0 atom stereocenters. The molecule has 11 heavy (non-hydrogen) atoms. The van der Waals surface area contributed by atoms with Gasteiger partial charge in [-0.2, -0.15) is 0 Å². The third-order valence-electron chi connectivity index (χ3n) is 2.16. The van der Waals surface area contributed by atoms with E-state index in [1.54, 1.807) is 0 Å². The normalized spacial score (nSPS) is 15.2. The number of aryl methyl sites for hydroxylation is 1. The lowest BCUT2D eigenvalue weighted by Crippen LogP contribution is -1.95. The van der Waals surface area contributed by atoms with Crippen molar-refractivity contribution in [2.75, 3.05) is 18.0 Å². The molecule has 1 saturated heterocycles. The summed E-state index contributed by atoms with van der Waals surface area (Å²) >= 11 is 0. The predicted molar refractivity (Wildman–Crippen MR) is 48.0 cm³/mol. The van der Waals surface area contributed by atoms with Crippen LogP contribution in [0.15, 0.2) is 24.3 Å². The average Bonchev–Trinajstić information content (AvgIpc) is 2.87. The molecular formula is C10H13N. The van der Waals surface area contributed by atoms with E-state index in [4.69, 9.17) is 0 Å². The smallest absolute Gasteiger partial charge is 0.0399 e. The van der Waals surface area contributed by atoms with Crippen molar-refractivity contribution < 1.29 is 0 Å². The fourth-order valence-corrected chi connectivity index (χ4v) is 1.41. The van der Waals surface area contributed by atoms with Crippen molar-refractivity contribution in [3.8, 4) is 0 Å². The highest BCUT2D eigenvalue weighted by atomic mass is 15.3. The van der Waals surface area contributed by atoms with Crippen LogP contribution in [0.2, 0.25) is 0 Å². The monoisotopic (exact) mass is 147 g/mol. The van der Waals surface area contributed by atoms with Crippen molar-refractivity contribution in [3.63, 3.8) is 0 Å². The quantitative estimate of drug-likeness (QED) is 0.579. The zero-order chi connectivity index (χ0) is 7.68. The number of hydrogen-bond donors (Lipinski definition) is 0. The Morgan fingerprint density at radius 3 is 2.64 bits per heavy atom. The number of rotatable bonds is 2. The second-order valence-corrected chi connectivity index (χ2v) is 2.97. The molecule has 0 amide bonds. The predicted octanol–water partition coefficient (Wildman–Crippen LogP) is 2.07. The molecular weight excluding hydrogens is 134 g/mol. The molecule has 1 aliphatic rings. The zero-order valence-electron chi connectivity index (χ0n) is 6.88. The third-order valence-corrected chi connectivity index (χ3v) is 2.16. The number of hydrogen-bond acceptors (Lipinski definition) is 1. The average molecular weight is 147 g/mol. The molecule has 1 nitrogen and oxygen atoms in total. The minimum atomic E-state index is 1.15. The summed E-state index contributed by atoms with van der Waals surface area (Å²) in [6, 6.07) is 8.66. The molecule has 1 heteroatoms. The molecule has 1 aliphatic heterocycles. The van der Waals surface area contributed by atoms with E-state index in [9.17, 15) is 0 Å². The van der Waals surface area contributed by atoms with E-state index < -0.39 is 0 Å². The van der Waals surface area contributed by atoms with Crippen LogP contribution in [0.5, 0.6) is 0 Å². The summed E-state index contributed by atoms with van der Waals surface area (Å²) in [7, 11) is 0. The lowest BCUT2D eigenvalue weighted by atomic mass is 10.1. The summed E-state index contributed by atoms with van der Waals surface area (Å²) < 4.78 is 0. The lowest BCUT2D eigenvalue weighted by molar-refractivity contribution is 1.12. The van der Waals surface area contributed by atoms with Gasteiger partial charge in [0, 0.05) is 18.8 Å². The third kappa shape index (κ3) is 1.23. The molecule has 0 bridgehead atoms. The van der Waals surface area contributed by atoms with Gasteiger partial charge in [0.2, 0.25) is 0 Å². The standard InChI is InChI=1S/C10H13N/c1-2-9-5-3-4-6-10(9)11-7-8-11/h3-6H,2,7-8H2,1H3. The van der Waals surface area contributed by atoms with Gasteiger partial charge >= 0.3 is 0 Å². The summed E-state index contributed by atoms with van der Waals surface area (Å²) in [6.45, 7) is 4.70. The van der Waals surface area contributed by atoms with Crippen molar-refractivity contribution in [2.45, 2.75) is 13.3 Å². The van der Waals surface area contributed by atoms with Crippen molar-refractivity contribution >= 4 is 5.69 Å². The molecule has 0 N–H and O–H groups in total. The van der Waals surface area contributed by atoms with Gasteiger partial charge in [-0.3, -0.25) is 0 Å². The summed E-state index contributed by atoms with van der Waals surface area (Å²) in [6.07, 6.45) is 1.15. The first-order valence-electron chi connectivity index (χ1n) is 4.24. The maximum atomic E-state index is 2.40. The lowest BCUT2D eigenvalue weighted by Gasteiger charge is -2.07. The van der Waals surface area contributed by atoms with Gasteiger partial charge in [0.05, 0.1) is 0 Å². The van der Waals surface area contributed by atoms with Crippen LogP contribution < -0.4 is 4.90 Å². The van der Waals surface area contributed by atoms with Crippen molar-refractivity contribution in [2.24, 2.45) is 0 Å². The number of anilines is 1. The van der Waals surface area contributed by atoms with Gasteiger partial charge in [-0.25, -0.2) is 0 Å². The first-order valence-corrected chi connectivity index (χ1v) is 4.24. The van der Waals surface area contributed by atoms with Crippen LogP contribution in [0, 0.1) is 0 Å². The molecule has 2 rings (SSSR count). The highest BCUT2D eigenvalue weighted by Crippen LogP contribution is 2.25. The first kappa shape index (κ1) is 6.71. The zero-order valence-corrected chi connectivity index (χ0v) is 6.88. The van der Waals surface area contributed by atoms with Gasteiger partial charge in [0.15, 0.2) is 0 Å². The minimum Gasteiger partial charge on any atom is -0.368 e. The van der Waals surface area contributed by atoms with Gasteiger partial charge in [-0.05, 0) is 18.1 Å². The second-order valence-electron chi connectivity index (χ2n) is 2.97. The van der Waals surface area contributed by atoms with Crippen molar-refractivity contribution in [1.29, 1.82) is 0 Å². The van der Waals surface area contributed by atoms with Crippen LogP contribution in [0.3, 0.4) is 0 Å². The maximum absolute atomic E-state index is 2.40. The van der Waals surface area contributed by atoms with Crippen LogP contribution >= 0.6 is 0 Å². The van der Waals surface area contributed by atoms with Gasteiger partial charge < -0.3 is 4.90 Å². The largest absolute Gasteiger partial charge is 0.368 e. The van der Waals surface area contributed by atoms with E-state index in [-0.39, 0.29) is 0 Å². The molecule has 1 heterocycles. The van der Waals surface area contributed by atoms with Gasteiger partial charge in [-0.15, -0.1) is 0 Å². The van der Waals surface area contributed by atoms with E-state index in [2.05, 4.69) is 36.1 Å². The van der Waals surface area contributed by atoms with Gasteiger partial charge in [0.25, 0.3) is 0 Å². The summed E-state index contributed by atoms with van der Waals surface area (Å²) in [4.78, 5) is 2.40. The van der Waals surface area contributed by atoms with Gasteiger partial charge in [0.1, 0.15) is 0 Å². The Morgan fingerprint density at radius 1 is 1.27 bits per heavy atom. The van der Waals surface area contributed by atoms with Crippen LogP contribution in [-0.4, -0.2) is 13.1 Å². The molecule has 0 aliphatic carbocycles. The highest BCUT2D eigenvalue weighted by Gasteiger charge is 2.19.